The largest absolute Gasteiger partial charge is 0.393 e. The minimum atomic E-state index is -0.475. The Balaban J connectivity index is 1.79. The first-order chi connectivity index (χ1) is 6.15. The Hall–Kier alpha value is -0.610. The zero-order valence-electron chi connectivity index (χ0n) is 7.52. The fourth-order valence-electron chi connectivity index (χ4n) is 2.09. The molecule has 2 N–H and O–H groups in total. The number of amides is 1. The lowest BCUT2D eigenvalue weighted by Crippen LogP contribution is -2.39. The highest BCUT2D eigenvalue weighted by Crippen LogP contribution is 2.29. The van der Waals surface area contributed by atoms with Crippen LogP contribution in [0.3, 0.4) is 0 Å². The Morgan fingerprint density at radius 1 is 1.31 bits per heavy atom. The molecule has 0 aromatic heterocycles. The van der Waals surface area contributed by atoms with Gasteiger partial charge in [0, 0.05) is 13.1 Å². The number of carbonyl (C=O) groups excluding carboxylic acids is 1. The van der Waals surface area contributed by atoms with Gasteiger partial charge in [-0.1, -0.05) is 0 Å². The molecule has 1 unspecified atom stereocenters. The number of hydrogen-bond donors (Lipinski definition) is 2. The van der Waals surface area contributed by atoms with Crippen molar-refractivity contribution in [2.24, 2.45) is 5.92 Å². The summed E-state index contributed by atoms with van der Waals surface area (Å²) in [4.78, 5) is 13.0. The van der Waals surface area contributed by atoms with E-state index in [4.69, 9.17) is 5.11 Å². The molecular weight excluding hydrogens is 170 g/mol. The van der Waals surface area contributed by atoms with Crippen LogP contribution in [0, 0.1) is 5.92 Å². The molecule has 13 heavy (non-hydrogen) atoms. The van der Waals surface area contributed by atoms with E-state index in [0.29, 0.717) is 19.0 Å². The summed E-state index contributed by atoms with van der Waals surface area (Å²) in [6.07, 6.45) is 1.25. The number of likely N-dealkylation sites (tertiary alicyclic amines) is 1. The lowest BCUT2D eigenvalue weighted by molar-refractivity contribution is -0.129. The third-order valence-electron chi connectivity index (χ3n) is 2.88. The van der Waals surface area contributed by atoms with E-state index in [0.717, 1.165) is 12.8 Å². The van der Waals surface area contributed by atoms with Crippen LogP contribution in [-0.4, -0.2) is 46.3 Å². The van der Waals surface area contributed by atoms with Gasteiger partial charge in [-0.3, -0.25) is 4.79 Å². The van der Waals surface area contributed by atoms with Crippen LogP contribution in [0.4, 0.5) is 0 Å². The van der Waals surface area contributed by atoms with Gasteiger partial charge in [-0.2, -0.15) is 0 Å². The Kier molecular flexibility index (Phi) is 2.26. The molecule has 0 aromatic rings. The van der Waals surface area contributed by atoms with E-state index < -0.39 is 6.10 Å². The second-order valence-corrected chi connectivity index (χ2v) is 4.15. The van der Waals surface area contributed by atoms with Crippen molar-refractivity contribution >= 4 is 5.91 Å². The van der Waals surface area contributed by atoms with Crippen LogP contribution in [0.1, 0.15) is 19.3 Å². The molecule has 0 bridgehead atoms. The number of β-amino-alcohol motifs (C(OH)–C–C–N with tert-alkyl or cyclic N) is 1. The molecule has 0 spiro atoms. The Morgan fingerprint density at radius 2 is 2.00 bits per heavy atom. The molecule has 2 rings (SSSR count). The zero-order chi connectivity index (χ0) is 9.42. The van der Waals surface area contributed by atoms with Crippen molar-refractivity contribution in [2.75, 3.05) is 13.1 Å². The molecule has 1 saturated carbocycles. The van der Waals surface area contributed by atoms with E-state index in [1.54, 1.807) is 4.90 Å². The number of hydrogen-bond acceptors (Lipinski definition) is 3. The quantitative estimate of drug-likeness (QED) is 0.601. The number of nitrogens with zero attached hydrogens (tertiary/aromatic N) is 1. The summed E-state index contributed by atoms with van der Waals surface area (Å²) in [5.41, 5.74) is 0. The monoisotopic (exact) mass is 185 g/mol. The first kappa shape index (κ1) is 8.97. The Labute approximate surface area is 77.2 Å². The maximum absolute atomic E-state index is 11.2. The molecule has 0 aromatic carbocycles. The lowest BCUT2D eigenvalue weighted by atomic mass is 9.82. The summed E-state index contributed by atoms with van der Waals surface area (Å²) >= 11 is 0. The normalized spacial score (nSPS) is 39.4. The summed E-state index contributed by atoms with van der Waals surface area (Å²) in [6, 6.07) is 0. The van der Waals surface area contributed by atoms with E-state index in [1.807, 2.05) is 0 Å². The van der Waals surface area contributed by atoms with Crippen LogP contribution in [-0.2, 0) is 4.79 Å². The molecule has 4 heteroatoms. The molecule has 1 aliphatic heterocycles. The van der Waals surface area contributed by atoms with Crippen molar-refractivity contribution in [3.63, 3.8) is 0 Å². The van der Waals surface area contributed by atoms with Gasteiger partial charge < -0.3 is 15.1 Å². The summed E-state index contributed by atoms with van der Waals surface area (Å²) in [5.74, 6) is 0.498. The number of aliphatic hydroxyl groups excluding tert-OH is 2. The fourth-order valence-corrected chi connectivity index (χ4v) is 2.09. The summed E-state index contributed by atoms with van der Waals surface area (Å²) in [6.45, 7) is 1.19. The molecule has 1 amide bonds. The zero-order valence-corrected chi connectivity index (χ0v) is 7.52. The van der Waals surface area contributed by atoms with E-state index in [-0.39, 0.29) is 18.4 Å². The summed E-state index contributed by atoms with van der Waals surface area (Å²) in [7, 11) is 0. The van der Waals surface area contributed by atoms with Crippen molar-refractivity contribution in [3.8, 4) is 0 Å². The maximum atomic E-state index is 11.2. The van der Waals surface area contributed by atoms with E-state index in [9.17, 15) is 9.90 Å². The third kappa shape index (κ3) is 1.84. The average Bonchev–Trinajstić information content (AvgIpc) is 2.27. The van der Waals surface area contributed by atoms with Crippen LogP contribution in [0.5, 0.6) is 0 Å². The number of aliphatic hydroxyl groups is 2. The van der Waals surface area contributed by atoms with Crippen LogP contribution >= 0.6 is 0 Å². The first-order valence-corrected chi connectivity index (χ1v) is 4.79. The maximum Gasteiger partial charge on any atom is 0.225 e. The van der Waals surface area contributed by atoms with E-state index in [1.165, 1.54) is 0 Å². The van der Waals surface area contributed by atoms with Crippen LogP contribution in [0.2, 0.25) is 0 Å². The number of rotatable bonds is 2. The van der Waals surface area contributed by atoms with Crippen molar-refractivity contribution in [3.05, 3.63) is 0 Å². The Morgan fingerprint density at radius 3 is 2.46 bits per heavy atom. The van der Waals surface area contributed by atoms with Gasteiger partial charge in [0.25, 0.3) is 0 Å². The lowest BCUT2D eigenvalue weighted by Gasteiger charge is -2.34. The van der Waals surface area contributed by atoms with Gasteiger partial charge in [0.15, 0.2) is 0 Å². The first-order valence-electron chi connectivity index (χ1n) is 4.79. The van der Waals surface area contributed by atoms with Crippen LogP contribution in [0.25, 0.3) is 0 Å². The SMILES string of the molecule is O=C1CC(O)CN1CC1CC(O)C1. The average molecular weight is 185 g/mol. The molecule has 2 aliphatic rings. The van der Waals surface area contributed by atoms with E-state index in [2.05, 4.69) is 0 Å². The van der Waals surface area contributed by atoms with Gasteiger partial charge in [-0.25, -0.2) is 0 Å². The molecule has 1 atom stereocenters. The third-order valence-corrected chi connectivity index (χ3v) is 2.88. The molecule has 2 fully saturated rings. The minimum Gasteiger partial charge on any atom is -0.393 e. The highest BCUT2D eigenvalue weighted by Gasteiger charge is 2.34. The fraction of sp³-hybridized carbons (Fsp3) is 0.889. The van der Waals surface area contributed by atoms with Crippen molar-refractivity contribution < 1.29 is 15.0 Å². The minimum absolute atomic E-state index is 0.0499. The predicted octanol–water partition coefficient (Wildman–Crippen LogP) is -0.650. The second-order valence-electron chi connectivity index (χ2n) is 4.15. The molecular formula is C9H15NO3. The summed E-state index contributed by atoms with van der Waals surface area (Å²) < 4.78 is 0. The van der Waals surface area contributed by atoms with E-state index >= 15 is 0 Å². The van der Waals surface area contributed by atoms with Crippen molar-refractivity contribution in [1.29, 1.82) is 0 Å². The molecule has 1 aliphatic carbocycles. The molecule has 1 saturated heterocycles. The smallest absolute Gasteiger partial charge is 0.225 e. The molecule has 1 heterocycles. The van der Waals surface area contributed by atoms with Crippen molar-refractivity contribution in [1.82, 2.24) is 4.90 Å². The van der Waals surface area contributed by atoms with Crippen LogP contribution < -0.4 is 0 Å². The topological polar surface area (TPSA) is 60.8 Å². The van der Waals surface area contributed by atoms with Gasteiger partial charge in [0.1, 0.15) is 0 Å². The van der Waals surface area contributed by atoms with Gasteiger partial charge >= 0.3 is 0 Å². The van der Waals surface area contributed by atoms with Gasteiger partial charge in [-0.05, 0) is 18.8 Å². The molecule has 4 nitrogen and oxygen atoms in total. The number of carbonyl (C=O) groups is 1. The molecule has 74 valence electrons. The predicted molar refractivity (Wildman–Crippen MR) is 45.9 cm³/mol. The van der Waals surface area contributed by atoms with Gasteiger partial charge in [-0.15, -0.1) is 0 Å². The van der Waals surface area contributed by atoms with Crippen LogP contribution in [0.15, 0.2) is 0 Å². The highest BCUT2D eigenvalue weighted by atomic mass is 16.3. The highest BCUT2D eigenvalue weighted by molar-refractivity contribution is 5.79. The Bertz CT molecular complexity index is 213. The molecule has 0 radical (unpaired) electrons. The van der Waals surface area contributed by atoms with Gasteiger partial charge in [0.2, 0.25) is 5.91 Å². The standard InChI is InChI=1S/C9H15NO3/c11-7-1-6(2-7)4-10-5-8(12)3-9(10)13/h6-8,11-12H,1-5H2. The van der Waals surface area contributed by atoms with Crippen molar-refractivity contribution in [2.45, 2.75) is 31.5 Å². The summed E-state index contributed by atoms with van der Waals surface area (Å²) in [5, 5.41) is 18.3. The second kappa shape index (κ2) is 3.27. The van der Waals surface area contributed by atoms with Gasteiger partial charge in [0.05, 0.1) is 18.6 Å².